The highest BCUT2D eigenvalue weighted by Gasteiger charge is 2.18. The molecule has 0 amide bonds. The van der Waals surface area contributed by atoms with Crippen LogP contribution in [0.5, 0.6) is 0 Å². The molecule has 0 unspecified atom stereocenters. The first-order chi connectivity index (χ1) is 10.2. The molecule has 4 nitrogen and oxygen atoms in total. The van der Waals surface area contributed by atoms with Crippen LogP contribution in [0.25, 0.3) is 0 Å². The molecule has 4 heteroatoms. The normalized spacial score (nSPS) is 16.4. The van der Waals surface area contributed by atoms with Crippen LogP contribution in [0.3, 0.4) is 0 Å². The molecule has 0 radical (unpaired) electrons. The first-order valence-electron chi connectivity index (χ1n) is 7.73. The number of piperazine rings is 1. The van der Waals surface area contributed by atoms with Crippen molar-refractivity contribution in [2.24, 2.45) is 0 Å². The van der Waals surface area contributed by atoms with E-state index in [-0.39, 0.29) is 0 Å². The minimum absolute atomic E-state index is 1.03. The van der Waals surface area contributed by atoms with Gasteiger partial charge in [-0.2, -0.15) is 0 Å². The first-order valence-corrected chi connectivity index (χ1v) is 7.73. The van der Waals surface area contributed by atoms with Crippen molar-refractivity contribution in [2.75, 3.05) is 37.6 Å². The first kappa shape index (κ1) is 14.1. The quantitative estimate of drug-likeness (QED) is 0.861. The molecule has 112 valence electrons. The summed E-state index contributed by atoms with van der Waals surface area (Å²) in [4.78, 5) is 9.16. The van der Waals surface area contributed by atoms with E-state index in [1.54, 1.807) is 0 Å². The highest BCUT2D eigenvalue weighted by atomic mass is 15.3. The van der Waals surface area contributed by atoms with Gasteiger partial charge in [-0.3, -0.25) is 4.90 Å². The molecule has 1 aromatic carbocycles. The van der Waals surface area contributed by atoms with Gasteiger partial charge >= 0.3 is 0 Å². The Balaban J connectivity index is 1.54. The van der Waals surface area contributed by atoms with Crippen molar-refractivity contribution < 1.29 is 0 Å². The molecule has 2 heterocycles. The number of imidazole rings is 1. The van der Waals surface area contributed by atoms with Gasteiger partial charge in [0, 0.05) is 57.3 Å². The molecule has 0 spiro atoms. The molecule has 1 fully saturated rings. The molecular weight excluding hydrogens is 260 g/mol. The average molecular weight is 284 g/mol. The van der Waals surface area contributed by atoms with Crippen LogP contribution in [0.1, 0.15) is 11.1 Å². The summed E-state index contributed by atoms with van der Waals surface area (Å²) in [5.74, 6) is 0. The van der Waals surface area contributed by atoms with Gasteiger partial charge in [0.15, 0.2) is 0 Å². The summed E-state index contributed by atoms with van der Waals surface area (Å²) < 4.78 is 2.15. The number of anilines is 1. The van der Waals surface area contributed by atoms with Crippen molar-refractivity contribution in [3.8, 4) is 0 Å². The van der Waals surface area contributed by atoms with Crippen LogP contribution in [-0.4, -0.2) is 47.2 Å². The third-order valence-electron chi connectivity index (χ3n) is 4.31. The molecule has 21 heavy (non-hydrogen) atoms. The number of nitrogens with zero attached hydrogens (tertiary/aromatic N) is 4. The predicted octanol–water partition coefficient (Wildman–Crippen LogP) is 2.32. The van der Waals surface area contributed by atoms with Crippen LogP contribution in [0.2, 0.25) is 0 Å². The van der Waals surface area contributed by atoms with Crippen molar-refractivity contribution in [1.82, 2.24) is 14.5 Å². The topological polar surface area (TPSA) is 24.3 Å². The molecule has 0 aliphatic carbocycles. The molecule has 0 bridgehead atoms. The predicted molar refractivity (Wildman–Crippen MR) is 86.8 cm³/mol. The van der Waals surface area contributed by atoms with Crippen LogP contribution >= 0.6 is 0 Å². The summed E-state index contributed by atoms with van der Waals surface area (Å²) in [5, 5.41) is 0. The van der Waals surface area contributed by atoms with Crippen LogP contribution < -0.4 is 4.90 Å². The second-order valence-corrected chi connectivity index (χ2v) is 5.92. The minimum Gasteiger partial charge on any atom is -0.369 e. The van der Waals surface area contributed by atoms with E-state index in [0.29, 0.717) is 0 Å². The van der Waals surface area contributed by atoms with Gasteiger partial charge in [0.2, 0.25) is 0 Å². The molecule has 0 atom stereocenters. The Bertz CT molecular complexity index is 568. The molecular formula is C17H24N4. The Labute approximate surface area is 127 Å². The Hall–Kier alpha value is -1.81. The zero-order valence-corrected chi connectivity index (χ0v) is 13.0. The lowest BCUT2D eigenvalue weighted by atomic mass is 10.1. The molecule has 1 saturated heterocycles. The Morgan fingerprint density at radius 3 is 2.57 bits per heavy atom. The summed E-state index contributed by atoms with van der Waals surface area (Å²) in [6.07, 6.45) is 5.77. The third kappa shape index (κ3) is 3.45. The van der Waals surface area contributed by atoms with E-state index >= 15 is 0 Å². The van der Waals surface area contributed by atoms with Crippen molar-refractivity contribution in [3.05, 3.63) is 48.0 Å². The molecule has 0 N–H and O–H groups in total. The maximum absolute atomic E-state index is 4.09. The molecule has 1 aliphatic rings. The highest BCUT2D eigenvalue weighted by Crippen LogP contribution is 2.22. The molecule has 3 rings (SSSR count). The second kappa shape index (κ2) is 6.31. The van der Waals surface area contributed by atoms with E-state index in [2.05, 4.69) is 51.4 Å². The van der Waals surface area contributed by atoms with Crippen molar-refractivity contribution in [1.29, 1.82) is 0 Å². The maximum atomic E-state index is 4.09. The molecule has 0 saturated carbocycles. The van der Waals surface area contributed by atoms with Gasteiger partial charge < -0.3 is 9.47 Å². The molecule has 1 aromatic heterocycles. The smallest absolute Gasteiger partial charge is 0.0946 e. The highest BCUT2D eigenvalue weighted by molar-refractivity contribution is 5.55. The van der Waals surface area contributed by atoms with Crippen molar-refractivity contribution in [2.45, 2.75) is 20.4 Å². The van der Waals surface area contributed by atoms with Crippen molar-refractivity contribution >= 4 is 5.69 Å². The average Bonchev–Trinajstić information content (AvgIpc) is 3.02. The zero-order chi connectivity index (χ0) is 14.7. The van der Waals surface area contributed by atoms with E-state index in [1.165, 1.54) is 16.8 Å². The largest absolute Gasteiger partial charge is 0.369 e. The number of rotatable bonds is 4. The van der Waals surface area contributed by atoms with Crippen molar-refractivity contribution in [3.63, 3.8) is 0 Å². The van der Waals surface area contributed by atoms with E-state index in [9.17, 15) is 0 Å². The van der Waals surface area contributed by atoms with E-state index < -0.39 is 0 Å². The Morgan fingerprint density at radius 1 is 1.05 bits per heavy atom. The number of hydrogen-bond acceptors (Lipinski definition) is 3. The van der Waals surface area contributed by atoms with Gasteiger partial charge in [0.05, 0.1) is 6.33 Å². The van der Waals surface area contributed by atoms with Gasteiger partial charge in [-0.1, -0.05) is 12.1 Å². The standard InChI is InChI=1S/C17H24N4/c1-15-3-4-16(2)17(13-15)21-11-9-19(10-12-21)7-8-20-6-5-18-14-20/h3-6,13-14H,7-12H2,1-2H3. The lowest BCUT2D eigenvalue weighted by Crippen LogP contribution is -2.47. The second-order valence-electron chi connectivity index (χ2n) is 5.92. The number of hydrogen-bond donors (Lipinski definition) is 0. The van der Waals surface area contributed by atoms with Crippen LogP contribution in [0, 0.1) is 13.8 Å². The molecule has 2 aromatic rings. The van der Waals surface area contributed by atoms with Gasteiger partial charge in [-0.15, -0.1) is 0 Å². The van der Waals surface area contributed by atoms with Gasteiger partial charge in [-0.25, -0.2) is 4.98 Å². The monoisotopic (exact) mass is 284 g/mol. The molecule has 1 aliphatic heterocycles. The lowest BCUT2D eigenvalue weighted by molar-refractivity contribution is 0.248. The zero-order valence-electron chi connectivity index (χ0n) is 13.0. The van der Waals surface area contributed by atoms with E-state index in [4.69, 9.17) is 0 Å². The van der Waals surface area contributed by atoms with Crippen LogP contribution in [0.15, 0.2) is 36.9 Å². The van der Waals surface area contributed by atoms with E-state index in [1.807, 2.05) is 18.7 Å². The summed E-state index contributed by atoms with van der Waals surface area (Å²) in [6, 6.07) is 6.74. The maximum Gasteiger partial charge on any atom is 0.0946 e. The Morgan fingerprint density at radius 2 is 1.86 bits per heavy atom. The summed E-state index contributed by atoms with van der Waals surface area (Å²) >= 11 is 0. The number of aryl methyl sites for hydroxylation is 2. The van der Waals surface area contributed by atoms with Crippen LogP contribution in [-0.2, 0) is 6.54 Å². The summed E-state index contributed by atoms with van der Waals surface area (Å²) in [7, 11) is 0. The minimum atomic E-state index is 1.03. The fourth-order valence-corrected chi connectivity index (χ4v) is 2.95. The van der Waals surface area contributed by atoms with Gasteiger partial charge in [0.1, 0.15) is 0 Å². The fourth-order valence-electron chi connectivity index (χ4n) is 2.95. The Kier molecular flexibility index (Phi) is 4.25. The van der Waals surface area contributed by atoms with Crippen LogP contribution in [0.4, 0.5) is 5.69 Å². The summed E-state index contributed by atoms with van der Waals surface area (Å²) in [5.41, 5.74) is 4.13. The third-order valence-corrected chi connectivity index (χ3v) is 4.31. The number of aromatic nitrogens is 2. The van der Waals surface area contributed by atoms with E-state index in [0.717, 1.165) is 39.3 Å². The fraction of sp³-hybridized carbons (Fsp3) is 0.471. The lowest BCUT2D eigenvalue weighted by Gasteiger charge is -2.37. The number of benzene rings is 1. The summed E-state index contributed by atoms with van der Waals surface area (Å²) in [6.45, 7) is 11.0. The van der Waals surface area contributed by atoms with Gasteiger partial charge in [0.25, 0.3) is 0 Å². The van der Waals surface area contributed by atoms with Gasteiger partial charge in [-0.05, 0) is 31.0 Å². The SMILES string of the molecule is Cc1ccc(C)c(N2CCN(CCn3ccnc3)CC2)c1.